The van der Waals surface area contributed by atoms with E-state index in [1.807, 2.05) is 19.2 Å². The molecule has 5 heteroatoms. The van der Waals surface area contributed by atoms with Crippen LogP contribution in [0.2, 0.25) is 0 Å². The summed E-state index contributed by atoms with van der Waals surface area (Å²) in [5, 5.41) is 3.25. The number of likely N-dealkylation sites (N-methyl/N-ethyl adjacent to an activating group) is 2. The maximum absolute atomic E-state index is 14.3. The van der Waals surface area contributed by atoms with Crippen molar-refractivity contribution in [3.63, 3.8) is 0 Å². The SMILES string of the molecule is CNC(CC1CN(C)CCN1C)c1ccc(OC)cc1F. The smallest absolute Gasteiger partial charge is 0.131 e. The maximum atomic E-state index is 14.3. The molecule has 1 aliphatic heterocycles. The van der Waals surface area contributed by atoms with Crippen molar-refractivity contribution in [3.8, 4) is 5.75 Å². The molecule has 0 aromatic heterocycles. The molecule has 0 aliphatic carbocycles. The minimum absolute atomic E-state index is 0.00913. The molecule has 2 atom stereocenters. The van der Waals surface area contributed by atoms with Crippen LogP contribution in [0.4, 0.5) is 4.39 Å². The predicted molar refractivity (Wildman–Crippen MR) is 83.3 cm³/mol. The Kier molecular flexibility index (Phi) is 5.56. The van der Waals surface area contributed by atoms with Crippen LogP contribution in [0.1, 0.15) is 18.0 Å². The first-order chi connectivity index (χ1) is 10.0. The molecule has 2 unspecified atom stereocenters. The van der Waals surface area contributed by atoms with Crippen LogP contribution in [-0.2, 0) is 0 Å². The van der Waals surface area contributed by atoms with Gasteiger partial charge in [0, 0.05) is 43.3 Å². The average molecular weight is 295 g/mol. The fraction of sp³-hybridized carbons (Fsp3) is 0.625. The topological polar surface area (TPSA) is 27.7 Å². The Bertz CT molecular complexity index is 469. The molecule has 4 nitrogen and oxygen atoms in total. The van der Waals surface area contributed by atoms with Crippen molar-refractivity contribution in [1.82, 2.24) is 15.1 Å². The Morgan fingerprint density at radius 2 is 2.14 bits per heavy atom. The third-order valence-electron chi connectivity index (χ3n) is 4.42. The summed E-state index contributed by atoms with van der Waals surface area (Å²) >= 11 is 0. The van der Waals surface area contributed by atoms with E-state index in [-0.39, 0.29) is 11.9 Å². The highest BCUT2D eigenvalue weighted by Gasteiger charge is 2.26. The minimum atomic E-state index is -0.208. The van der Waals surface area contributed by atoms with Gasteiger partial charge in [0.25, 0.3) is 0 Å². The normalized spacial score (nSPS) is 22.2. The fourth-order valence-corrected chi connectivity index (χ4v) is 2.95. The minimum Gasteiger partial charge on any atom is -0.497 e. The molecule has 118 valence electrons. The van der Waals surface area contributed by atoms with E-state index >= 15 is 0 Å². The Hall–Kier alpha value is -1.17. The lowest BCUT2D eigenvalue weighted by Gasteiger charge is -2.39. The second-order valence-corrected chi connectivity index (χ2v) is 5.86. The first-order valence-electron chi connectivity index (χ1n) is 7.44. The molecule has 1 saturated heterocycles. The molecule has 2 rings (SSSR count). The van der Waals surface area contributed by atoms with E-state index in [2.05, 4.69) is 29.2 Å². The Morgan fingerprint density at radius 1 is 1.38 bits per heavy atom. The molecule has 0 amide bonds. The van der Waals surface area contributed by atoms with Gasteiger partial charge in [0.1, 0.15) is 11.6 Å². The lowest BCUT2D eigenvalue weighted by molar-refractivity contribution is 0.101. The van der Waals surface area contributed by atoms with Gasteiger partial charge in [0.2, 0.25) is 0 Å². The van der Waals surface area contributed by atoms with Crippen LogP contribution in [-0.4, -0.2) is 63.7 Å². The second kappa shape index (κ2) is 7.20. The molecule has 0 bridgehead atoms. The number of hydrogen-bond acceptors (Lipinski definition) is 4. The molecule has 0 radical (unpaired) electrons. The molecule has 1 aliphatic rings. The summed E-state index contributed by atoms with van der Waals surface area (Å²) in [6.07, 6.45) is 0.889. The predicted octanol–water partition coefficient (Wildman–Crippen LogP) is 1.73. The van der Waals surface area contributed by atoms with Gasteiger partial charge < -0.3 is 19.9 Å². The first-order valence-corrected chi connectivity index (χ1v) is 7.44. The van der Waals surface area contributed by atoms with Crippen LogP contribution in [0, 0.1) is 5.82 Å². The van der Waals surface area contributed by atoms with Gasteiger partial charge in [-0.05, 0) is 33.6 Å². The van der Waals surface area contributed by atoms with E-state index in [0.29, 0.717) is 17.4 Å². The number of piperazine rings is 1. The van der Waals surface area contributed by atoms with Gasteiger partial charge in [0.05, 0.1) is 7.11 Å². The van der Waals surface area contributed by atoms with Gasteiger partial charge in [-0.2, -0.15) is 0 Å². The summed E-state index contributed by atoms with van der Waals surface area (Å²) in [4.78, 5) is 4.70. The lowest BCUT2D eigenvalue weighted by atomic mass is 9.96. The van der Waals surface area contributed by atoms with Crippen molar-refractivity contribution in [2.75, 3.05) is 47.9 Å². The van der Waals surface area contributed by atoms with E-state index in [1.165, 1.54) is 6.07 Å². The molecule has 0 spiro atoms. The number of hydrogen-bond donors (Lipinski definition) is 1. The van der Waals surface area contributed by atoms with Crippen molar-refractivity contribution in [2.24, 2.45) is 0 Å². The molecule has 1 N–H and O–H groups in total. The fourth-order valence-electron chi connectivity index (χ4n) is 2.95. The second-order valence-electron chi connectivity index (χ2n) is 5.86. The summed E-state index contributed by atoms with van der Waals surface area (Å²) in [5.74, 6) is 0.348. The number of nitrogens with zero attached hydrogens (tertiary/aromatic N) is 2. The quantitative estimate of drug-likeness (QED) is 0.895. The summed E-state index contributed by atoms with van der Waals surface area (Å²) in [5.41, 5.74) is 0.708. The van der Waals surface area contributed by atoms with Gasteiger partial charge in [-0.25, -0.2) is 4.39 Å². The maximum Gasteiger partial charge on any atom is 0.131 e. The zero-order valence-corrected chi connectivity index (χ0v) is 13.4. The van der Waals surface area contributed by atoms with Crippen LogP contribution in [0.5, 0.6) is 5.75 Å². The van der Waals surface area contributed by atoms with Crippen molar-refractivity contribution in [2.45, 2.75) is 18.5 Å². The highest BCUT2D eigenvalue weighted by molar-refractivity contribution is 5.31. The number of benzene rings is 1. The molecular weight excluding hydrogens is 269 g/mol. The zero-order chi connectivity index (χ0) is 15.4. The Labute approximate surface area is 126 Å². The van der Waals surface area contributed by atoms with E-state index in [1.54, 1.807) is 7.11 Å². The molecule has 1 aromatic rings. The summed E-state index contributed by atoms with van der Waals surface area (Å²) in [6.45, 7) is 3.17. The molecule has 1 heterocycles. The standard InChI is InChI=1S/C16H26FN3O/c1-18-16(9-12-11-19(2)7-8-20(12)3)14-6-5-13(21-4)10-15(14)17/h5-6,10,12,16,18H,7-9,11H2,1-4H3. The van der Waals surface area contributed by atoms with Gasteiger partial charge in [-0.3, -0.25) is 0 Å². The zero-order valence-electron chi connectivity index (χ0n) is 13.4. The third kappa shape index (κ3) is 3.93. The monoisotopic (exact) mass is 295 g/mol. The largest absolute Gasteiger partial charge is 0.497 e. The van der Waals surface area contributed by atoms with E-state index in [0.717, 1.165) is 26.1 Å². The van der Waals surface area contributed by atoms with Gasteiger partial charge >= 0.3 is 0 Å². The van der Waals surface area contributed by atoms with Gasteiger partial charge in [0.15, 0.2) is 0 Å². The average Bonchev–Trinajstić information content (AvgIpc) is 2.48. The van der Waals surface area contributed by atoms with Crippen molar-refractivity contribution in [1.29, 1.82) is 0 Å². The molecule has 1 fully saturated rings. The molecular formula is C16H26FN3O. The van der Waals surface area contributed by atoms with Crippen molar-refractivity contribution in [3.05, 3.63) is 29.6 Å². The number of ether oxygens (including phenoxy) is 1. The first kappa shape index (κ1) is 16.2. The van der Waals surface area contributed by atoms with Gasteiger partial charge in [-0.1, -0.05) is 6.07 Å². The van der Waals surface area contributed by atoms with E-state index in [9.17, 15) is 4.39 Å². The number of rotatable bonds is 5. The van der Waals surface area contributed by atoms with Crippen LogP contribution in [0.15, 0.2) is 18.2 Å². The van der Waals surface area contributed by atoms with Crippen molar-refractivity contribution < 1.29 is 9.13 Å². The van der Waals surface area contributed by atoms with E-state index in [4.69, 9.17) is 4.74 Å². The summed E-state index contributed by atoms with van der Waals surface area (Å²) in [7, 11) is 7.73. The van der Waals surface area contributed by atoms with Crippen LogP contribution in [0.3, 0.4) is 0 Å². The van der Waals surface area contributed by atoms with Crippen LogP contribution >= 0.6 is 0 Å². The van der Waals surface area contributed by atoms with Crippen LogP contribution < -0.4 is 10.1 Å². The Balaban J connectivity index is 2.12. The number of methoxy groups -OCH3 is 1. The highest BCUT2D eigenvalue weighted by atomic mass is 19.1. The lowest BCUT2D eigenvalue weighted by Crippen LogP contribution is -2.50. The molecule has 0 saturated carbocycles. The van der Waals surface area contributed by atoms with Crippen molar-refractivity contribution >= 4 is 0 Å². The third-order valence-corrected chi connectivity index (χ3v) is 4.42. The molecule has 21 heavy (non-hydrogen) atoms. The number of halogens is 1. The number of nitrogens with one attached hydrogen (secondary N) is 1. The van der Waals surface area contributed by atoms with Crippen LogP contribution in [0.25, 0.3) is 0 Å². The van der Waals surface area contributed by atoms with E-state index < -0.39 is 0 Å². The summed E-state index contributed by atoms with van der Waals surface area (Å²) in [6, 6.07) is 5.54. The van der Waals surface area contributed by atoms with Gasteiger partial charge in [-0.15, -0.1) is 0 Å². The molecule has 1 aromatic carbocycles. The Morgan fingerprint density at radius 3 is 2.76 bits per heavy atom. The highest BCUT2D eigenvalue weighted by Crippen LogP contribution is 2.26. The summed E-state index contributed by atoms with van der Waals surface area (Å²) < 4.78 is 19.3.